The van der Waals surface area contributed by atoms with Crippen LogP contribution in [0.2, 0.25) is 0 Å². The number of thiophene rings is 1. The number of hydrogen-bond acceptors (Lipinski definition) is 6. The van der Waals surface area contributed by atoms with Crippen LogP contribution in [0.25, 0.3) is 11.2 Å². The SMILES string of the molecule is O=C(NCCc1cccs1)C1CCCN(c2nc3cccnc3n(Cc3ccccc3)c2=O)C1. The maximum atomic E-state index is 13.6. The lowest BCUT2D eigenvalue weighted by Gasteiger charge is -2.32. The zero-order valence-electron chi connectivity index (χ0n) is 18.9. The Morgan fingerprint density at radius 2 is 2.00 bits per heavy atom. The van der Waals surface area contributed by atoms with Gasteiger partial charge in [0.1, 0.15) is 5.52 Å². The Hall–Kier alpha value is -3.52. The van der Waals surface area contributed by atoms with Gasteiger partial charge in [0, 0.05) is 30.7 Å². The molecule has 3 aromatic heterocycles. The Morgan fingerprint density at radius 3 is 2.82 bits per heavy atom. The summed E-state index contributed by atoms with van der Waals surface area (Å²) < 4.78 is 1.69. The normalized spacial score (nSPS) is 16.0. The van der Waals surface area contributed by atoms with Gasteiger partial charge in [-0.15, -0.1) is 11.3 Å². The largest absolute Gasteiger partial charge is 0.355 e. The van der Waals surface area contributed by atoms with Crippen molar-refractivity contribution in [1.82, 2.24) is 19.9 Å². The minimum atomic E-state index is -0.172. The average molecular weight is 474 g/mol. The fourth-order valence-corrected chi connectivity index (χ4v) is 5.18. The third kappa shape index (κ3) is 4.87. The van der Waals surface area contributed by atoms with Crippen LogP contribution in [0.5, 0.6) is 0 Å². The van der Waals surface area contributed by atoms with Crippen molar-refractivity contribution in [2.45, 2.75) is 25.8 Å². The van der Waals surface area contributed by atoms with Crippen molar-refractivity contribution in [3.05, 3.63) is 87.0 Å². The van der Waals surface area contributed by atoms with E-state index in [-0.39, 0.29) is 17.4 Å². The number of carbonyl (C=O) groups is 1. The minimum absolute atomic E-state index is 0.0494. The molecule has 0 saturated carbocycles. The molecule has 0 aliphatic carbocycles. The first-order valence-corrected chi connectivity index (χ1v) is 12.5. The molecule has 1 N–H and O–H groups in total. The number of nitrogens with zero attached hydrogens (tertiary/aromatic N) is 4. The molecule has 1 aliphatic heterocycles. The summed E-state index contributed by atoms with van der Waals surface area (Å²) in [5, 5.41) is 5.13. The first-order chi connectivity index (χ1) is 16.7. The van der Waals surface area contributed by atoms with Gasteiger partial charge in [0.2, 0.25) is 5.91 Å². The molecule has 4 heterocycles. The molecule has 4 aromatic rings. The number of piperidine rings is 1. The smallest absolute Gasteiger partial charge is 0.295 e. The number of aromatic nitrogens is 3. The van der Waals surface area contributed by atoms with E-state index < -0.39 is 0 Å². The van der Waals surface area contributed by atoms with Crippen LogP contribution in [0.3, 0.4) is 0 Å². The molecule has 34 heavy (non-hydrogen) atoms. The second-order valence-electron chi connectivity index (χ2n) is 8.56. The van der Waals surface area contributed by atoms with E-state index in [4.69, 9.17) is 4.98 Å². The first-order valence-electron chi connectivity index (χ1n) is 11.6. The highest BCUT2D eigenvalue weighted by molar-refractivity contribution is 7.09. The minimum Gasteiger partial charge on any atom is -0.355 e. The fraction of sp³-hybridized carbons (Fsp3) is 0.308. The molecule has 1 aromatic carbocycles. The van der Waals surface area contributed by atoms with Gasteiger partial charge in [0.25, 0.3) is 5.56 Å². The van der Waals surface area contributed by atoms with Gasteiger partial charge in [-0.05, 0) is 48.4 Å². The highest BCUT2D eigenvalue weighted by atomic mass is 32.1. The molecule has 1 amide bonds. The molecule has 1 saturated heterocycles. The van der Waals surface area contributed by atoms with Gasteiger partial charge < -0.3 is 10.2 Å². The summed E-state index contributed by atoms with van der Waals surface area (Å²) in [4.78, 5) is 38.8. The van der Waals surface area contributed by atoms with E-state index in [0.29, 0.717) is 43.2 Å². The molecule has 1 fully saturated rings. The number of pyridine rings is 1. The van der Waals surface area contributed by atoms with Gasteiger partial charge in [-0.2, -0.15) is 0 Å². The van der Waals surface area contributed by atoms with E-state index in [0.717, 1.165) is 24.8 Å². The van der Waals surface area contributed by atoms with Crippen LogP contribution in [0.4, 0.5) is 5.82 Å². The molecule has 0 bridgehead atoms. The monoisotopic (exact) mass is 473 g/mol. The molecule has 7 nitrogen and oxygen atoms in total. The predicted octanol–water partition coefficient (Wildman–Crippen LogP) is 3.48. The van der Waals surface area contributed by atoms with Crippen molar-refractivity contribution in [2.75, 3.05) is 24.5 Å². The number of carbonyl (C=O) groups excluding carboxylic acids is 1. The van der Waals surface area contributed by atoms with Crippen molar-refractivity contribution >= 4 is 34.2 Å². The zero-order valence-corrected chi connectivity index (χ0v) is 19.7. The lowest BCUT2D eigenvalue weighted by Crippen LogP contribution is -2.46. The third-order valence-corrected chi connectivity index (χ3v) is 7.15. The average Bonchev–Trinajstić information content (AvgIpc) is 3.40. The highest BCUT2D eigenvalue weighted by Gasteiger charge is 2.28. The number of anilines is 1. The molecule has 174 valence electrons. The summed E-state index contributed by atoms with van der Waals surface area (Å²) in [7, 11) is 0. The van der Waals surface area contributed by atoms with Crippen LogP contribution in [0, 0.1) is 5.92 Å². The summed E-state index contributed by atoms with van der Waals surface area (Å²) in [5.74, 6) is 0.284. The summed E-state index contributed by atoms with van der Waals surface area (Å²) in [6.07, 6.45) is 4.17. The fourth-order valence-electron chi connectivity index (χ4n) is 4.47. The molecule has 0 radical (unpaired) electrons. The third-order valence-electron chi connectivity index (χ3n) is 6.21. The molecular formula is C26H27N5O2S. The molecule has 5 rings (SSSR count). The number of benzene rings is 1. The van der Waals surface area contributed by atoms with Crippen molar-refractivity contribution in [2.24, 2.45) is 5.92 Å². The number of fused-ring (bicyclic) bond motifs is 1. The second-order valence-corrected chi connectivity index (χ2v) is 9.60. The summed E-state index contributed by atoms with van der Waals surface area (Å²) in [6.45, 7) is 2.24. The summed E-state index contributed by atoms with van der Waals surface area (Å²) in [6, 6.07) is 17.7. The van der Waals surface area contributed by atoms with Crippen LogP contribution in [0.15, 0.2) is 71.0 Å². The van der Waals surface area contributed by atoms with Gasteiger partial charge in [-0.3, -0.25) is 14.2 Å². The van der Waals surface area contributed by atoms with Gasteiger partial charge >= 0.3 is 0 Å². The van der Waals surface area contributed by atoms with E-state index in [1.807, 2.05) is 58.8 Å². The Labute approximate surface area is 202 Å². The Kier molecular flexibility index (Phi) is 6.67. The lowest BCUT2D eigenvalue weighted by molar-refractivity contribution is -0.125. The van der Waals surface area contributed by atoms with E-state index in [9.17, 15) is 9.59 Å². The number of hydrogen-bond donors (Lipinski definition) is 1. The van der Waals surface area contributed by atoms with Crippen LogP contribution in [-0.2, 0) is 17.8 Å². The van der Waals surface area contributed by atoms with Crippen molar-refractivity contribution in [3.8, 4) is 0 Å². The maximum Gasteiger partial charge on any atom is 0.295 e. The molecule has 1 unspecified atom stereocenters. The van der Waals surface area contributed by atoms with Crippen LogP contribution in [-0.4, -0.2) is 40.1 Å². The number of rotatable bonds is 7. The first kappa shape index (κ1) is 22.3. The predicted molar refractivity (Wildman–Crippen MR) is 135 cm³/mol. The number of amides is 1. The number of nitrogens with one attached hydrogen (secondary N) is 1. The van der Waals surface area contributed by atoms with Crippen molar-refractivity contribution in [3.63, 3.8) is 0 Å². The Bertz CT molecular complexity index is 1320. The highest BCUT2D eigenvalue weighted by Crippen LogP contribution is 2.22. The van der Waals surface area contributed by atoms with E-state index in [2.05, 4.69) is 16.4 Å². The van der Waals surface area contributed by atoms with Gasteiger partial charge in [-0.1, -0.05) is 36.4 Å². The van der Waals surface area contributed by atoms with Gasteiger partial charge in [0.15, 0.2) is 11.5 Å². The summed E-state index contributed by atoms with van der Waals surface area (Å²) >= 11 is 1.70. The van der Waals surface area contributed by atoms with E-state index in [1.165, 1.54) is 4.88 Å². The maximum absolute atomic E-state index is 13.6. The van der Waals surface area contributed by atoms with Gasteiger partial charge in [-0.25, -0.2) is 9.97 Å². The Morgan fingerprint density at radius 1 is 1.12 bits per heavy atom. The van der Waals surface area contributed by atoms with E-state index >= 15 is 0 Å². The molecular weight excluding hydrogens is 446 g/mol. The standard InChI is InChI=1S/C26H27N5O2S/c32-25(28-14-12-21-10-6-16-34-21)20-9-5-15-30(18-20)24-26(33)31(17-19-7-2-1-3-8-19)23-22(29-24)11-4-13-27-23/h1-4,6-8,10-11,13,16,20H,5,9,12,14-15,17-18H2,(H,28,32). The second kappa shape index (κ2) is 10.2. The molecule has 1 aliphatic rings. The molecule has 8 heteroatoms. The van der Waals surface area contributed by atoms with Gasteiger partial charge in [0.05, 0.1) is 12.5 Å². The van der Waals surface area contributed by atoms with Crippen molar-refractivity contribution in [1.29, 1.82) is 0 Å². The topological polar surface area (TPSA) is 80.1 Å². The lowest BCUT2D eigenvalue weighted by atomic mass is 9.97. The molecule has 1 atom stereocenters. The van der Waals surface area contributed by atoms with Crippen LogP contribution < -0.4 is 15.8 Å². The summed E-state index contributed by atoms with van der Waals surface area (Å²) in [5.41, 5.74) is 2.10. The van der Waals surface area contributed by atoms with Crippen LogP contribution >= 0.6 is 11.3 Å². The molecule has 0 spiro atoms. The zero-order chi connectivity index (χ0) is 23.3. The van der Waals surface area contributed by atoms with E-state index in [1.54, 1.807) is 22.1 Å². The van der Waals surface area contributed by atoms with Crippen molar-refractivity contribution < 1.29 is 4.79 Å². The quantitative estimate of drug-likeness (QED) is 0.445. The Balaban J connectivity index is 1.37. The van der Waals surface area contributed by atoms with Crippen LogP contribution in [0.1, 0.15) is 23.3 Å².